The second kappa shape index (κ2) is 13.1. The van der Waals surface area contributed by atoms with Gasteiger partial charge in [-0.05, 0) is 53.8 Å². The summed E-state index contributed by atoms with van der Waals surface area (Å²) in [4.78, 5) is 20.2. The number of halogens is 5. The van der Waals surface area contributed by atoms with Gasteiger partial charge in [0, 0.05) is 37.0 Å². The minimum Gasteiger partial charge on any atom is -0.406 e. The van der Waals surface area contributed by atoms with Gasteiger partial charge in [-0.25, -0.2) is 23.2 Å². The summed E-state index contributed by atoms with van der Waals surface area (Å²) in [6, 6.07) is 15.6. The van der Waals surface area contributed by atoms with Crippen LogP contribution in [-0.2, 0) is 18.7 Å². The molecule has 2 atom stereocenters. The van der Waals surface area contributed by atoms with Crippen molar-refractivity contribution in [1.82, 2.24) is 19.7 Å². The maximum atomic E-state index is 14.8. The molecule has 4 aromatic rings. The molecule has 1 aliphatic rings. The van der Waals surface area contributed by atoms with Crippen molar-refractivity contribution in [2.75, 3.05) is 18.0 Å². The number of anilines is 1. The van der Waals surface area contributed by atoms with Gasteiger partial charge in [0.2, 0.25) is 0 Å². The fourth-order valence-electron chi connectivity index (χ4n) is 5.26. The van der Waals surface area contributed by atoms with Gasteiger partial charge < -0.3 is 14.7 Å². The summed E-state index contributed by atoms with van der Waals surface area (Å²) in [7, 11) is 0. The number of urea groups is 1. The molecule has 0 radical (unpaired) electrons. The molecule has 1 fully saturated rings. The maximum Gasteiger partial charge on any atom is 0.573 e. The van der Waals surface area contributed by atoms with Gasteiger partial charge in [0.1, 0.15) is 35.6 Å². The van der Waals surface area contributed by atoms with E-state index in [0.29, 0.717) is 30.8 Å². The second-order valence-corrected chi connectivity index (χ2v) is 10.8. The highest BCUT2D eigenvalue weighted by Crippen LogP contribution is 2.36. The highest BCUT2D eigenvalue weighted by Gasteiger charge is 2.38. The molecule has 1 aliphatic heterocycles. The Labute approximate surface area is 256 Å². The molecule has 0 unspecified atom stereocenters. The van der Waals surface area contributed by atoms with Gasteiger partial charge in [-0.15, -0.1) is 13.2 Å². The van der Waals surface area contributed by atoms with E-state index in [9.17, 15) is 31.9 Å². The molecule has 2 amide bonds. The Kier molecular flexibility index (Phi) is 9.19. The molecule has 1 N–H and O–H groups in total. The number of allylic oxidation sites excluding steroid dienone is 1. The summed E-state index contributed by atoms with van der Waals surface area (Å²) in [5, 5.41) is 15.7. The topological polar surface area (TPSA) is 83.7 Å². The van der Waals surface area contributed by atoms with Crippen LogP contribution >= 0.6 is 0 Å². The van der Waals surface area contributed by atoms with E-state index in [4.69, 9.17) is 0 Å². The number of alkyl halides is 3. The van der Waals surface area contributed by atoms with Crippen LogP contribution in [0.1, 0.15) is 30.0 Å². The summed E-state index contributed by atoms with van der Waals surface area (Å²) >= 11 is 0. The van der Waals surface area contributed by atoms with Gasteiger partial charge in [0.05, 0.1) is 6.54 Å². The SMILES string of the molecule is C[C@@H](C/C=C/c1ccc(N2CCN(Cc3ccc(OC(F)(F)F)cc3)C2=O)cc1)[C@](O)(Cn1cncn1)c1ccc(F)cc1F. The fraction of sp³-hybridized carbons (Fsp3) is 0.281. The normalized spacial score (nSPS) is 15.9. The zero-order chi connectivity index (χ0) is 32.2. The molecule has 3 aromatic carbocycles. The molecular weight excluding hydrogens is 597 g/mol. The molecule has 1 aromatic heterocycles. The lowest BCUT2D eigenvalue weighted by atomic mass is 9.80. The highest BCUT2D eigenvalue weighted by atomic mass is 19.4. The van der Waals surface area contributed by atoms with E-state index in [-0.39, 0.29) is 30.4 Å². The van der Waals surface area contributed by atoms with Crippen LogP contribution in [0, 0.1) is 17.6 Å². The van der Waals surface area contributed by atoms with Crippen molar-refractivity contribution in [3.63, 3.8) is 0 Å². The summed E-state index contributed by atoms with van der Waals surface area (Å²) in [5.41, 5.74) is 0.450. The van der Waals surface area contributed by atoms with E-state index in [1.54, 1.807) is 16.7 Å². The predicted molar refractivity (Wildman–Crippen MR) is 156 cm³/mol. The lowest BCUT2D eigenvalue weighted by Gasteiger charge is -2.34. The third-order valence-corrected chi connectivity index (χ3v) is 7.71. The first-order valence-corrected chi connectivity index (χ1v) is 14.1. The van der Waals surface area contributed by atoms with Crippen molar-refractivity contribution in [1.29, 1.82) is 0 Å². The van der Waals surface area contributed by atoms with Crippen LogP contribution in [0.5, 0.6) is 5.75 Å². The first-order valence-electron chi connectivity index (χ1n) is 14.1. The average molecular weight is 628 g/mol. The smallest absolute Gasteiger partial charge is 0.406 e. The van der Waals surface area contributed by atoms with E-state index in [0.717, 1.165) is 17.7 Å². The number of carbonyl (C=O) groups is 1. The molecular formula is C32H30F5N5O3. The molecule has 5 rings (SSSR count). The number of nitrogens with zero attached hydrogens (tertiary/aromatic N) is 5. The van der Waals surface area contributed by atoms with Crippen molar-refractivity contribution in [2.45, 2.75) is 38.4 Å². The third kappa shape index (κ3) is 7.66. The van der Waals surface area contributed by atoms with Gasteiger partial charge in [-0.1, -0.05) is 49.4 Å². The Hall–Kier alpha value is -4.78. The van der Waals surface area contributed by atoms with Gasteiger partial charge in [0.25, 0.3) is 0 Å². The fourth-order valence-corrected chi connectivity index (χ4v) is 5.26. The van der Waals surface area contributed by atoms with Gasteiger partial charge in [0.15, 0.2) is 0 Å². The number of aromatic nitrogens is 3. The number of hydrogen-bond donors (Lipinski definition) is 1. The molecule has 45 heavy (non-hydrogen) atoms. The van der Waals surface area contributed by atoms with Crippen LogP contribution < -0.4 is 9.64 Å². The Bertz CT molecular complexity index is 1630. The van der Waals surface area contributed by atoms with Crippen LogP contribution in [0.2, 0.25) is 0 Å². The molecule has 236 valence electrons. The van der Waals surface area contributed by atoms with E-state index in [2.05, 4.69) is 14.8 Å². The van der Waals surface area contributed by atoms with Crippen LogP contribution in [0.25, 0.3) is 6.08 Å². The van der Waals surface area contributed by atoms with Gasteiger partial charge >= 0.3 is 12.4 Å². The number of benzene rings is 3. The number of amides is 2. The van der Waals surface area contributed by atoms with Crippen molar-refractivity contribution < 1.29 is 36.6 Å². The van der Waals surface area contributed by atoms with E-state index >= 15 is 0 Å². The van der Waals surface area contributed by atoms with Crippen molar-refractivity contribution in [3.05, 3.63) is 114 Å². The standard InChI is InChI=1S/C32H30F5N5O3/c1-22(31(44,19-41-21-38-20-39-41)28-14-9-25(33)17-29(28)34)3-2-4-23-5-10-26(11-6-23)42-16-15-40(30(42)43)18-24-7-12-27(13-8-24)45-32(35,36)37/h2,4-14,17,20-22,44H,3,15-16,18-19H2,1H3/b4-2+/t22-,31+/m0/s1. The largest absolute Gasteiger partial charge is 0.573 e. The van der Waals surface area contributed by atoms with Crippen molar-refractivity contribution >= 4 is 17.8 Å². The number of aliphatic hydroxyl groups is 1. The highest BCUT2D eigenvalue weighted by molar-refractivity contribution is 5.94. The van der Waals surface area contributed by atoms with Gasteiger partial charge in [-0.3, -0.25) is 4.90 Å². The number of hydrogen-bond acceptors (Lipinski definition) is 5. The Morgan fingerprint density at radius 3 is 2.40 bits per heavy atom. The minimum atomic E-state index is -4.77. The third-order valence-electron chi connectivity index (χ3n) is 7.71. The van der Waals surface area contributed by atoms with Crippen LogP contribution in [0.3, 0.4) is 0 Å². The minimum absolute atomic E-state index is 0.0403. The van der Waals surface area contributed by atoms with E-state index < -0.39 is 29.5 Å². The first-order chi connectivity index (χ1) is 21.4. The van der Waals surface area contributed by atoms with Crippen LogP contribution in [0.15, 0.2) is 85.5 Å². The summed E-state index contributed by atoms with van der Waals surface area (Å²) < 4.78 is 70.9. The number of ether oxygens (including phenoxy) is 1. The zero-order valence-electron chi connectivity index (χ0n) is 24.2. The molecule has 8 nitrogen and oxygen atoms in total. The molecule has 0 spiro atoms. The number of rotatable bonds is 11. The predicted octanol–water partition coefficient (Wildman–Crippen LogP) is 6.52. The first kappa shape index (κ1) is 31.6. The van der Waals surface area contributed by atoms with E-state index in [1.807, 2.05) is 36.4 Å². The molecule has 0 aliphatic carbocycles. The van der Waals surface area contributed by atoms with Crippen molar-refractivity contribution in [3.8, 4) is 5.75 Å². The van der Waals surface area contributed by atoms with E-state index in [1.165, 1.54) is 47.7 Å². The molecule has 1 saturated heterocycles. The lowest BCUT2D eigenvalue weighted by Crippen LogP contribution is -2.39. The maximum absolute atomic E-state index is 14.8. The Morgan fingerprint density at radius 2 is 1.76 bits per heavy atom. The van der Waals surface area contributed by atoms with Crippen LogP contribution in [-0.4, -0.2) is 50.3 Å². The zero-order valence-corrected chi connectivity index (χ0v) is 24.2. The molecule has 0 saturated carbocycles. The summed E-state index contributed by atoms with van der Waals surface area (Å²) in [6.45, 7) is 2.82. The monoisotopic (exact) mass is 627 g/mol. The van der Waals surface area contributed by atoms with Gasteiger partial charge in [-0.2, -0.15) is 5.10 Å². The summed E-state index contributed by atoms with van der Waals surface area (Å²) in [6.07, 6.45) is 2.00. The average Bonchev–Trinajstić information content (AvgIpc) is 3.63. The Balaban J connectivity index is 1.20. The Morgan fingerprint density at radius 1 is 1.02 bits per heavy atom. The second-order valence-electron chi connectivity index (χ2n) is 10.8. The number of carbonyl (C=O) groups excluding carboxylic acids is 1. The van der Waals surface area contributed by atoms with Crippen LogP contribution in [0.4, 0.5) is 32.4 Å². The molecule has 13 heteroatoms. The molecule has 0 bridgehead atoms. The lowest BCUT2D eigenvalue weighted by molar-refractivity contribution is -0.274. The quantitative estimate of drug-likeness (QED) is 0.192. The molecule has 2 heterocycles. The van der Waals surface area contributed by atoms with Crippen molar-refractivity contribution in [2.24, 2.45) is 5.92 Å². The summed E-state index contributed by atoms with van der Waals surface area (Å²) in [5.74, 6) is -2.42.